The number of carboxylic acid groups (broad SMARTS) is 1. The maximum absolute atomic E-state index is 12.3. The van der Waals surface area contributed by atoms with Crippen LogP contribution in [0.2, 0.25) is 0 Å². The Labute approximate surface area is 119 Å². The van der Waals surface area contributed by atoms with E-state index in [1.807, 2.05) is 20.8 Å². The summed E-state index contributed by atoms with van der Waals surface area (Å²) in [5.74, 6) is -1.36. The number of carbonyl (C=O) groups excluding carboxylic acids is 1. The fourth-order valence-electron chi connectivity index (χ4n) is 2.23. The van der Waals surface area contributed by atoms with Crippen molar-refractivity contribution in [1.82, 2.24) is 15.1 Å². The molecule has 0 spiro atoms. The van der Waals surface area contributed by atoms with Crippen molar-refractivity contribution < 1.29 is 14.7 Å². The van der Waals surface area contributed by atoms with Gasteiger partial charge < -0.3 is 10.4 Å². The van der Waals surface area contributed by atoms with Gasteiger partial charge in [-0.1, -0.05) is 20.3 Å². The minimum Gasteiger partial charge on any atom is -0.480 e. The van der Waals surface area contributed by atoms with Crippen LogP contribution in [-0.2, 0) is 11.3 Å². The van der Waals surface area contributed by atoms with Gasteiger partial charge in [-0.2, -0.15) is 5.10 Å². The van der Waals surface area contributed by atoms with Gasteiger partial charge in [-0.05, 0) is 26.7 Å². The largest absolute Gasteiger partial charge is 0.480 e. The second-order valence-corrected chi connectivity index (χ2v) is 4.92. The number of rotatable bonds is 7. The maximum atomic E-state index is 12.3. The van der Waals surface area contributed by atoms with E-state index in [9.17, 15) is 9.59 Å². The molecule has 0 aliphatic rings. The van der Waals surface area contributed by atoms with Gasteiger partial charge in [-0.15, -0.1) is 0 Å². The molecule has 0 aromatic carbocycles. The molecule has 1 aromatic heterocycles. The maximum Gasteiger partial charge on any atom is 0.326 e. The van der Waals surface area contributed by atoms with Crippen molar-refractivity contribution in [3.63, 3.8) is 0 Å². The van der Waals surface area contributed by atoms with Gasteiger partial charge in [-0.3, -0.25) is 9.48 Å². The van der Waals surface area contributed by atoms with E-state index in [0.717, 1.165) is 18.7 Å². The monoisotopic (exact) mass is 281 g/mol. The lowest BCUT2D eigenvalue weighted by Crippen LogP contribution is -2.41. The Morgan fingerprint density at radius 2 is 1.95 bits per heavy atom. The van der Waals surface area contributed by atoms with Crippen molar-refractivity contribution in [2.24, 2.45) is 0 Å². The average molecular weight is 281 g/mol. The van der Waals surface area contributed by atoms with Gasteiger partial charge in [0, 0.05) is 12.2 Å². The van der Waals surface area contributed by atoms with Gasteiger partial charge in [0.2, 0.25) is 0 Å². The zero-order valence-electron chi connectivity index (χ0n) is 12.6. The summed E-state index contributed by atoms with van der Waals surface area (Å²) >= 11 is 0. The Morgan fingerprint density at radius 3 is 2.45 bits per heavy atom. The third-order valence-corrected chi connectivity index (χ3v) is 3.22. The third kappa shape index (κ3) is 3.59. The molecular weight excluding hydrogens is 258 g/mol. The molecule has 1 heterocycles. The zero-order chi connectivity index (χ0) is 15.3. The minimum atomic E-state index is -1.00. The van der Waals surface area contributed by atoms with Crippen molar-refractivity contribution >= 4 is 11.9 Å². The fourth-order valence-corrected chi connectivity index (χ4v) is 2.23. The van der Waals surface area contributed by atoms with Gasteiger partial charge in [0.1, 0.15) is 6.04 Å². The van der Waals surface area contributed by atoms with E-state index < -0.39 is 12.0 Å². The van der Waals surface area contributed by atoms with E-state index in [1.54, 1.807) is 11.6 Å². The van der Waals surface area contributed by atoms with E-state index >= 15 is 0 Å². The lowest BCUT2D eigenvalue weighted by molar-refractivity contribution is -0.139. The molecule has 0 aliphatic heterocycles. The number of aryl methyl sites for hydroxylation is 2. The number of amides is 1. The Kier molecular flexibility index (Phi) is 5.73. The SMILES string of the molecule is CCCC(NC(=O)c1c(C)nn(CCC)c1C)C(=O)O. The van der Waals surface area contributed by atoms with Crippen LogP contribution in [0.5, 0.6) is 0 Å². The second-order valence-electron chi connectivity index (χ2n) is 4.92. The summed E-state index contributed by atoms with van der Waals surface area (Å²) in [6, 6.07) is -0.846. The van der Waals surface area contributed by atoms with Crippen molar-refractivity contribution in [3.05, 3.63) is 17.0 Å². The van der Waals surface area contributed by atoms with Crippen LogP contribution in [-0.4, -0.2) is 32.8 Å². The minimum absolute atomic E-state index is 0.358. The molecule has 112 valence electrons. The zero-order valence-corrected chi connectivity index (χ0v) is 12.6. The normalized spacial score (nSPS) is 12.2. The van der Waals surface area contributed by atoms with E-state index in [4.69, 9.17) is 5.11 Å². The molecule has 6 heteroatoms. The highest BCUT2D eigenvalue weighted by Crippen LogP contribution is 2.14. The first kappa shape index (κ1) is 16.2. The van der Waals surface area contributed by atoms with Crippen molar-refractivity contribution in [1.29, 1.82) is 0 Å². The standard InChI is InChI=1S/C14H23N3O3/c1-5-7-11(14(19)20)15-13(18)12-9(3)16-17(8-6-2)10(12)4/h11H,5-8H2,1-4H3,(H,15,18)(H,19,20). The molecule has 0 saturated heterocycles. The number of nitrogens with one attached hydrogen (secondary N) is 1. The van der Waals surface area contributed by atoms with Crippen molar-refractivity contribution in [3.8, 4) is 0 Å². The van der Waals surface area contributed by atoms with Crippen LogP contribution in [0.25, 0.3) is 0 Å². The van der Waals surface area contributed by atoms with E-state index in [0.29, 0.717) is 24.1 Å². The highest BCUT2D eigenvalue weighted by atomic mass is 16.4. The van der Waals surface area contributed by atoms with Gasteiger partial charge in [0.25, 0.3) is 5.91 Å². The average Bonchev–Trinajstić information content (AvgIpc) is 2.64. The molecule has 0 radical (unpaired) electrons. The van der Waals surface area contributed by atoms with Gasteiger partial charge in [0.05, 0.1) is 11.3 Å². The summed E-state index contributed by atoms with van der Waals surface area (Å²) in [4.78, 5) is 23.4. The number of carbonyl (C=O) groups is 2. The first-order valence-electron chi connectivity index (χ1n) is 7.00. The van der Waals surface area contributed by atoms with Crippen LogP contribution in [0.15, 0.2) is 0 Å². The summed E-state index contributed by atoms with van der Waals surface area (Å²) in [5, 5.41) is 16.0. The predicted octanol–water partition coefficient (Wildman–Crippen LogP) is 1.89. The van der Waals surface area contributed by atoms with Crippen molar-refractivity contribution in [2.45, 2.75) is 59.5 Å². The van der Waals surface area contributed by atoms with E-state index in [1.165, 1.54) is 0 Å². The summed E-state index contributed by atoms with van der Waals surface area (Å²) in [6.07, 6.45) is 2.04. The first-order chi connectivity index (χ1) is 9.42. The Morgan fingerprint density at radius 1 is 1.30 bits per heavy atom. The van der Waals surface area contributed by atoms with Crippen LogP contribution in [0.3, 0.4) is 0 Å². The van der Waals surface area contributed by atoms with Crippen LogP contribution in [0.1, 0.15) is 54.9 Å². The molecule has 1 unspecified atom stereocenters. The first-order valence-corrected chi connectivity index (χ1v) is 7.00. The summed E-state index contributed by atoms with van der Waals surface area (Å²) < 4.78 is 1.79. The molecule has 0 fully saturated rings. The number of hydrogen-bond acceptors (Lipinski definition) is 3. The molecule has 6 nitrogen and oxygen atoms in total. The summed E-state index contributed by atoms with van der Waals surface area (Å²) in [5.41, 5.74) is 1.90. The molecule has 0 bridgehead atoms. The quantitative estimate of drug-likeness (QED) is 0.799. The van der Waals surface area contributed by atoms with E-state index in [2.05, 4.69) is 10.4 Å². The van der Waals surface area contributed by atoms with Crippen LogP contribution >= 0.6 is 0 Å². The summed E-state index contributed by atoms with van der Waals surface area (Å²) in [6.45, 7) is 8.27. The molecule has 1 amide bonds. The lowest BCUT2D eigenvalue weighted by atomic mass is 10.1. The number of aromatic nitrogens is 2. The van der Waals surface area contributed by atoms with Crippen LogP contribution < -0.4 is 5.32 Å². The molecule has 1 aromatic rings. The topological polar surface area (TPSA) is 84.2 Å². The van der Waals surface area contributed by atoms with Crippen molar-refractivity contribution in [2.75, 3.05) is 0 Å². The second kappa shape index (κ2) is 7.07. The molecule has 0 saturated carbocycles. The number of carboxylic acids is 1. The molecule has 1 atom stereocenters. The third-order valence-electron chi connectivity index (χ3n) is 3.22. The summed E-state index contributed by atoms with van der Waals surface area (Å²) in [7, 11) is 0. The number of hydrogen-bond donors (Lipinski definition) is 2. The molecule has 2 N–H and O–H groups in total. The van der Waals surface area contributed by atoms with Gasteiger partial charge in [-0.25, -0.2) is 4.79 Å². The van der Waals surface area contributed by atoms with E-state index in [-0.39, 0.29) is 5.91 Å². The van der Waals surface area contributed by atoms with Crippen LogP contribution in [0, 0.1) is 13.8 Å². The number of nitrogens with zero attached hydrogens (tertiary/aromatic N) is 2. The van der Waals surface area contributed by atoms with Gasteiger partial charge >= 0.3 is 5.97 Å². The lowest BCUT2D eigenvalue weighted by Gasteiger charge is -2.13. The number of aliphatic carboxylic acids is 1. The van der Waals surface area contributed by atoms with Gasteiger partial charge in [0.15, 0.2) is 0 Å². The Balaban J connectivity index is 2.94. The highest BCUT2D eigenvalue weighted by Gasteiger charge is 2.24. The smallest absolute Gasteiger partial charge is 0.326 e. The fraction of sp³-hybridized carbons (Fsp3) is 0.643. The Hall–Kier alpha value is -1.85. The Bertz CT molecular complexity index is 494. The molecule has 20 heavy (non-hydrogen) atoms. The highest BCUT2D eigenvalue weighted by molar-refractivity contribution is 5.98. The molecular formula is C14H23N3O3. The predicted molar refractivity (Wildman–Crippen MR) is 75.8 cm³/mol. The van der Waals surface area contributed by atoms with Crippen LogP contribution in [0.4, 0.5) is 0 Å². The molecule has 1 rings (SSSR count). The molecule has 0 aliphatic carbocycles.